The van der Waals surface area contributed by atoms with Gasteiger partial charge in [-0.3, -0.25) is 4.99 Å². The van der Waals surface area contributed by atoms with Gasteiger partial charge in [0.1, 0.15) is 0 Å². The number of hydrogen-bond acceptors (Lipinski definition) is 3. The molecule has 1 heterocycles. The van der Waals surface area contributed by atoms with Crippen molar-refractivity contribution >= 4 is 18.1 Å². The summed E-state index contributed by atoms with van der Waals surface area (Å²) in [5.41, 5.74) is 0. The fraction of sp³-hybridized carbons (Fsp3) is 0.667. The van der Waals surface area contributed by atoms with Crippen LogP contribution in [0, 0.1) is 0 Å². The second-order valence-corrected chi connectivity index (χ2v) is 1.95. The molecular weight excluding hydrogens is 96.1 g/mol. The van der Waals surface area contributed by atoms with Crippen molar-refractivity contribution in [3.63, 3.8) is 0 Å². The second-order valence-electron chi connectivity index (χ2n) is 0.993. The lowest BCUT2D eigenvalue weighted by Gasteiger charge is -2.01. The van der Waals surface area contributed by atoms with Gasteiger partial charge in [-0.25, -0.2) is 0 Å². The maximum atomic E-state index is 3.90. The highest BCUT2D eigenvalue weighted by Crippen LogP contribution is 1.97. The lowest BCUT2D eigenvalue weighted by molar-refractivity contribution is 1.11. The molecule has 0 unspecified atom stereocenters. The quantitative estimate of drug-likeness (QED) is 0.474. The number of rotatable bonds is 0. The smallest absolute Gasteiger partial charge is 0.0878 e. The van der Waals surface area contributed by atoms with Crippen LogP contribution in [0.25, 0.3) is 0 Å². The standard InChI is InChI=1S/C3H6N2S/c1-4-2-6-3-5-1/h1H,2-3H2,(H,4,5). The Morgan fingerprint density at radius 3 is 3.00 bits per heavy atom. The number of hydrogen-bond donors (Lipinski definition) is 1. The maximum absolute atomic E-state index is 3.90. The highest BCUT2D eigenvalue weighted by molar-refractivity contribution is 7.99. The summed E-state index contributed by atoms with van der Waals surface area (Å²) >= 11 is 1.79. The third kappa shape index (κ3) is 0.897. The lowest BCUT2D eigenvalue weighted by Crippen LogP contribution is -2.13. The molecule has 0 aromatic rings. The minimum absolute atomic E-state index is 0.924. The molecule has 0 fully saturated rings. The van der Waals surface area contributed by atoms with E-state index in [1.54, 1.807) is 18.1 Å². The SMILES string of the molecule is C1=NCSCN1. The Kier molecular flexibility index (Phi) is 1.38. The molecule has 6 heavy (non-hydrogen) atoms. The van der Waals surface area contributed by atoms with E-state index in [0.717, 1.165) is 11.8 Å². The van der Waals surface area contributed by atoms with E-state index in [1.165, 1.54) is 0 Å². The van der Waals surface area contributed by atoms with Crippen LogP contribution in [0.3, 0.4) is 0 Å². The second kappa shape index (κ2) is 2.08. The summed E-state index contributed by atoms with van der Waals surface area (Å²) in [6, 6.07) is 0. The first-order valence-electron chi connectivity index (χ1n) is 1.79. The Bertz CT molecular complexity index is 53.8. The molecule has 1 rings (SSSR count). The van der Waals surface area contributed by atoms with Gasteiger partial charge in [0.2, 0.25) is 0 Å². The van der Waals surface area contributed by atoms with E-state index < -0.39 is 0 Å². The summed E-state index contributed by atoms with van der Waals surface area (Å²) in [6.45, 7) is 0. The predicted molar refractivity (Wildman–Crippen MR) is 29.0 cm³/mol. The first-order chi connectivity index (χ1) is 3.00. The zero-order valence-electron chi connectivity index (χ0n) is 3.35. The average molecular weight is 102 g/mol. The van der Waals surface area contributed by atoms with Gasteiger partial charge in [-0.15, -0.1) is 11.8 Å². The lowest BCUT2D eigenvalue weighted by atomic mass is 11.1. The minimum atomic E-state index is 0.924. The highest BCUT2D eigenvalue weighted by atomic mass is 32.2. The van der Waals surface area contributed by atoms with Crippen molar-refractivity contribution in [3.05, 3.63) is 0 Å². The summed E-state index contributed by atoms with van der Waals surface area (Å²) in [7, 11) is 0. The van der Waals surface area contributed by atoms with Gasteiger partial charge < -0.3 is 5.32 Å². The Morgan fingerprint density at radius 2 is 2.83 bits per heavy atom. The number of nitrogens with one attached hydrogen (secondary N) is 1. The zero-order chi connectivity index (χ0) is 4.24. The Balaban J connectivity index is 2.26. The van der Waals surface area contributed by atoms with Gasteiger partial charge in [0.25, 0.3) is 0 Å². The van der Waals surface area contributed by atoms with Crippen molar-refractivity contribution in [1.29, 1.82) is 0 Å². The number of nitrogens with zero attached hydrogens (tertiary/aromatic N) is 1. The monoisotopic (exact) mass is 102 g/mol. The summed E-state index contributed by atoms with van der Waals surface area (Å²) in [6.07, 6.45) is 1.75. The van der Waals surface area contributed by atoms with Crippen LogP contribution < -0.4 is 5.32 Å². The van der Waals surface area contributed by atoms with Gasteiger partial charge in [0.05, 0.1) is 18.1 Å². The number of thioether (sulfide) groups is 1. The molecule has 0 radical (unpaired) electrons. The summed E-state index contributed by atoms with van der Waals surface area (Å²) in [4.78, 5) is 3.90. The summed E-state index contributed by atoms with van der Waals surface area (Å²) in [5.74, 6) is 1.94. The van der Waals surface area contributed by atoms with E-state index in [4.69, 9.17) is 0 Å². The fourth-order valence-electron chi connectivity index (χ4n) is 0.296. The third-order valence-corrected chi connectivity index (χ3v) is 1.24. The molecule has 1 aliphatic rings. The molecule has 1 N–H and O–H groups in total. The van der Waals surface area contributed by atoms with Crippen molar-refractivity contribution in [1.82, 2.24) is 5.32 Å². The Morgan fingerprint density at radius 1 is 1.83 bits per heavy atom. The Labute approximate surface area is 41.0 Å². The molecular formula is C3H6N2S. The van der Waals surface area contributed by atoms with E-state index in [-0.39, 0.29) is 0 Å². The van der Waals surface area contributed by atoms with Crippen LogP contribution in [-0.4, -0.2) is 18.1 Å². The molecule has 34 valence electrons. The minimum Gasteiger partial charge on any atom is -0.367 e. The molecule has 2 nitrogen and oxygen atoms in total. The van der Waals surface area contributed by atoms with Gasteiger partial charge in [-0.05, 0) is 0 Å². The van der Waals surface area contributed by atoms with Crippen LogP contribution in [0.15, 0.2) is 4.99 Å². The summed E-state index contributed by atoms with van der Waals surface area (Å²) < 4.78 is 0. The van der Waals surface area contributed by atoms with Gasteiger partial charge in [-0.2, -0.15) is 0 Å². The topological polar surface area (TPSA) is 24.4 Å². The van der Waals surface area contributed by atoms with Crippen LogP contribution in [0.4, 0.5) is 0 Å². The van der Waals surface area contributed by atoms with E-state index in [2.05, 4.69) is 10.3 Å². The van der Waals surface area contributed by atoms with Gasteiger partial charge in [0.15, 0.2) is 0 Å². The zero-order valence-corrected chi connectivity index (χ0v) is 4.16. The van der Waals surface area contributed by atoms with E-state index in [0.29, 0.717) is 0 Å². The van der Waals surface area contributed by atoms with Crippen molar-refractivity contribution < 1.29 is 0 Å². The van der Waals surface area contributed by atoms with Crippen LogP contribution in [-0.2, 0) is 0 Å². The first-order valence-corrected chi connectivity index (χ1v) is 2.95. The molecule has 0 atom stereocenters. The Hall–Kier alpha value is -0.180. The van der Waals surface area contributed by atoms with Crippen molar-refractivity contribution in [2.75, 3.05) is 11.8 Å². The van der Waals surface area contributed by atoms with Gasteiger partial charge in [-0.1, -0.05) is 0 Å². The number of aliphatic imine (C=N–C) groups is 1. The highest BCUT2D eigenvalue weighted by Gasteiger charge is 1.85. The van der Waals surface area contributed by atoms with E-state index in [1.807, 2.05) is 0 Å². The van der Waals surface area contributed by atoms with Crippen molar-refractivity contribution in [2.45, 2.75) is 0 Å². The van der Waals surface area contributed by atoms with Crippen molar-refractivity contribution in [2.24, 2.45) is 4.99 Å². The van der Waals surface area contributed by atoms with E-state index >= 15 is 0 Å². The van der Waals surface area contributed by atoms with Gasteiger partial charge in [0, 0.05) is 0 Å². The fourth-order valence-corrected chi connectivity index (χ4v) is 0.760. The van der Waals surface area contributed by atoms with Crippen LogP contribution in [0.1, 0.15) is 0 Å². The molecule has 1 aliphatic heterocycles. The van der Waals surface area contributed by atoms with Gasteiger partial charge >= 0.3 is 0 Å². The molecule has 0 aromatic heterocycles. The van der Waals surface area contributed by atoms with Crippen LogP contribution in [0.5, 0.6) is 0 Å². The molecule has 0 aromatic carbocycles. The molecule has 0 aliphatic carbocycles. The normalized spacial score (nSPS) is 20.0. The molecule has 0 spiro atoms. The van der Waals surface area contributed by atoms with Crippen LogP contribution in [0.2, 0.25) is 0 Å². The summed E-state index contributed by atoms with van der Waals surface area (Å²) in [5, 5.41) is 2.96. The predicted octanol–water partition coefficient (Wildman–Crippen LogP) is 0.266. The maximum Gasteiger partial charge on any atom is 0.0878 e. The molecule has 0 saturated heterocycles. The van der Waals surface area contributed by atoms with Crippen molar-refractivity contribution in [3.8, 4) is 0 Å². The molecule has 3 heteroatoms. The average Bonchev–Trinajstić information content (AvgIpc) is 1.72. The van der Waals surface area contributed by atoms with E-state index in [9.17, 15) is 0 Å². The first kappa shape index (κ1) is 3.99. The van der Waals surface area contributed by atoms with Crippen LogP contribution >= 0.6 is 11.8 Å². The molecule has 0 bridgehead atoms. The third-order valence-electron chi connectivity index (χ3n) is 0.534. The molecule has 0 amide bonds. The molecule has 0 saturated carbocycles. The largest absolute Gasteiger partial charge is 0.367 e.